The predicted octanol–water partition coefficient (Wildman–Crippen LogP) is 1.40. The van der Waals surface area contributed by atoms with Crippen LogP contribution in [0.4, 0.5) is 0 Å². The number of sulfonamides is 1. The topological polar surface area (TPSA) is 70.0 Å². The molecule has 1 N–H and O–H groups in total. The molecule has 4 nitrogen and oxygen atoms in total. The molecule has 5 heteroatoms. The number of nitrogens with zero attached hydrogens (tertiary/aromatic N) is 1. The summed E-state index contributed by atoms with van der Waals surface area (Å²) in [6.45, 7) is 1.90. The largest absolute Gasteiger partial charge is 0.227 e. The first kappa shape index (κ1) is 12.5. The molecular weight excluding hydrogens is 212 g/mol. The van der Waals surface area contributed by atoms with Crippen LogP contribution in [0.3, 0.4) is 0 Å². The fraction of sp³-hybridized carbons (Fsp3) is 0.900. The van der Waals surface area contributed by atoms with E-state index in [0.29, 0.717) is 12.5 Å². The highest BCUT2D eigenvalue weighted by Crippen LogP contribution is 2.22. The normalized spacial score (nSPS) is 20.8. The van der Waals surface area contributed by atoms with E-state index >= 15 is 0 Å². The molecular formula is C10H18N2O2S. The summed E-state index contributed by atoms with van der Waals surface area (Å²) in [6, 6.07) is 1.74. The Morgan fingerprint density at radius 2 is 2.00 bits per heavy atom. The molecule has 1 atom stereocenters. The van der Waals surface area contributed by atoms with Crippen molar-refractivity contribution in [3.8, 4) is 6.07 Å². The Balaban J connectivity index is 2.39. The molecule has 0 bridgehead atoms. The Morgan fingerprint density at radius 1 is 1.40 bits per heavy atom. The molecule has 0 saturated heterocycles. The van der Waals surface area contributed by atoms with E-state index in [9.17, 15) is 8.42 Å². The third-order valence-corrected chi connectivity index (χ3v) is 4.55. The first-order valence-corrected chi connectivity index (χ1v) is 6.99. The monoisotopic (exact) mass is 230 g/mol. The summed E-state index contributed by atoms with van der Waals surface area (Å²) in [5, 5.41) is 7.58. The van der Waals surface area contributed by atoms with Crippen LogP contribution < -0.4 is 4.72 Å². The quantitative estimate of drug-likeness (QED) is 0.793. The molecule has 0 aliphatic heterocycles. The summed E-state index contributed by atoms with van der Waals surface area (Å²) < 4.78 is 25.5. The van der Waals surface area contributed by atoms with Gasteiger partial charge in [-0.25, -0.2) is 13.1 Å². The molecule has 0 radical (unpaired) electrons. The van der Waals surface area contributed by atoms with Crippen LogP contribution in [-0.2, 0) is 10.0 Å². The van der Waals surface area contributed by atoms with Crippen molar-refractivity contribution in [2.45, 2.75) is 44.3 Å². The first-order valence-electron chi connectivity index (χ1n) is 5.44. The summed E-state index contributed by atoms with van der Waals surface area (Å²) in [7, 11) is -3.42. The second kappa shape index (κ2) is 5.47. The molecule has 0 amide bonds. The SMILES string of the molecule is CC(C#N)S(=O)(=O)NCC1CCCCC1. The van der Waals surface area contributed by atoms with Gasteiger partial charge in [-0.2, -0.15) is 5.26 Å². The lowest BCUT2D eigenvalue weighted by Gasteiger charge is -2.21. The van der Waals surface area contributed by atoms with Gasteiger partial charge in [-0.15, -0.1) is 0 Å². The Labute approximate surface area is 91.7 Å². The average molecular weight is 230 g/mol. The van der Waals surface area contributed by atoms with Crippen LogP contribution >= 0.6 is 0 Å². The van der Waals surface area contributed by atoms with Crippen molar-refractivity contribution in [3.63, 3.8) is 0 Å². The van der Waals surface area contributed by atoms with Crippen molar-refractivity contribution in [3.05, 3.63) is 0 Å². The van der Waals surface area contributed by atoms with Gasteiger partial charge in [-0.3, -0.25) is 0 Å². The van der Waals surface area contributed by atoms with Crippen LogP contribution in [0, 0.1) is 17.2 Å². The molecule has 86 valence electrons. The molecule has 1 rings (SSSR count). The third-order valence-electron chi connectivity index (χ3n) is 2.95. The molecule has 0 aromatic carbocycles. The maximum Gasteiger partial charge on any atom is 0.227 e. The van der Waals surface area contributed by atoms with E-state index in [4.69, 9.17) is 5.26 Å². The zero-order valence-electron chi connectivity index (χ0n) is 9.07. The van der Waals surface area contributed by atoms with Crippen molar-refractivity contribution in [1.29, 1.82) is 5.26 Å². The Bertz CT molecular complexity index is 326. The second-order valence-electron chi connectivity index (χ2n) is 4.17. The fourth-order valence-electron chi connectivity index (χ4n) is 1.82. The van der Waals surface area contributed by atoms with Crippen LogP contribution in [0.25, 0.3) is 0 Å². The van der Waals surface area contributed by atoms with E-state index in [1.807, 2.05) is 0 Å². The van der Waals surface area contributed by atoms with Gasteiger partial charge in [-0.05, 0) is 25.7 Å². The Hall–Kier alpha value is -0.600. The van der Waals surface area contributed by atoms with Crippen molar-refractivity contribution >= 4 is 10.0 Å². The first-order chi connectivity index (χ1) is 7.06. The van der Waals surface area contributed by atoms with Gasteiger partial charge in [0.05, 0.1) is 6.07 Å². The number of hydrogen-bond acceptors (Lipinski definition) is 3. The molecule has 1 fully saturated rings. The average Bonchev–Trinajstić information content (AvgIpc) is 2.27. The van der Waals surface area contributed by atoms with Gasteiger partial charge >= 0.3 is 0 Å². The van der Waals surface area contributed by atoms with E-state index in [-0.39, 0.29) is 0 Å². The summed E-state index contributed by atoms with van der Waals surface area (Å²) >= 11 is 0. The van der Waals surface area contributed by atoms with Gasteiger partial charge in [0.2, 0.25) is 10.0 Å². The van der Waals surface area contributed by atoms with Crippen molar-refractivity contribution in [2.24, 2.45) is 5.92 Å². The molecule has 1 saturated carbocycles. The van der Waals surface area contributed by atoms with E-state index in [1.54, 1.807) is 6.07 Å². The van der Waals surface area contributed by atoms with Crippen LogP contribution in [0.5, 0.6) is 0 Å². The van der Waals surface area contributed by atoms with Crippen LogP contribution in [0.1, 0.15) is 39.0 Å². The molecule has 0 spiro atoms. The molecule has 1 unspecified atom stereocenters. The van der Waals surface area contributed by atoms with Crippen molar-refractivity contribution in [2.75, 3.05) is 6.54 Å². The number of nitriles is 1. The van der Waals surface area contributed by atoms with Gasteiger partial charge in [-0.1, -0.05) is 19.3 Å². The zero-order valence-corrected chi connectivity index (χ0v) is 9.89. The highest BCUT2D eigenvalue weighted by molar-refractivity contribution is 7.90. The van der Waals surface area contributed by atoms with E-state index < -0.39 is 15.3 Å². The Kier molecular flexibility index (Phi) is 4.55. The highest BCUT2D eigenvalue weighted by atomic mass is 32.2. The summed E-state index contributed by atoms with van der Waals surface area (Å²) in [4.78, 5) is 0. The van der Waals surface area contributed by atoms with Crippen molar-refractivity contribution in [1.82, 2.24) is 4.72 Å². The lowest BCUT2D eigenvalue weighted by Crippen LogP contribution is -2.35. The lowest BCUT2D eigenvalue weighted by atomic mass is 9.90. The highest BCUT2D eigenvalue weighted by Gasteiger charge is 2.22. The number of hydrogen-bond donors (Lipinski definition) is 1. The predicted molar refractivity (Wildman–Crippen MR) is 58.6 cm³/mol. The molecule has 0 heterocycles. The number of rotatable bonds is 4. The minimum absolute atomic E-state index is 0.458. The standard InChI is InChI=1S/C10H18N2O2S/c1-9(7-11)15(13,14)12-8-10-5-3-2-4-6-10/h9-10,12H,2-6,8H2,1H3. The minimum Gasteiger partial charge on any atom is -0.214 e. The smallest absolute Gasteiger partial charge is 0.214 e. The molecule has 1 aliphatic rings. The maximum atomic E-state index is 11.5. The Morgan fingerprint density at radius 3 is 2.53 bits per heavy atom. The second-order valence-corrected chi connectivity index (χ2v) is 6.25. The van der Waals surface area contributed by atoms with Gasteiger partial charge in [0.1, 0.15) is 0 Å². The molecule has 15 heavy (non-hydrogen) atoms. The zero-order chi connectivity index (χ0) is 11.3. The summed E-state index contributed by atoms with van der Waals surface area (Å²) in [5.41, 5.74) is 0. The van der Waals surface area contributed by atoms with Crippen LogP contribution in [0.15, 0.2) is 0 Å². The summed E-state index contributed by atoms with van der Waals surface area (Å²) in [6.07, 6.45) is 5.85. The number of nitrogens with one attached hydrogen (secondary N) is 1. The molecule has 1 aliphatic carbocycles. The lowest BCUT2D eigenvalue weighted by molar-refractivity contribution is 0.357. The summed E-state index contributed by atoms with van der Waals surface area (Å²) in [5.74, 6) is 0.458. The van der Waals surface area contributed by atoms with E-state index in [2.05, 4.69) is 4.72 Å². The van der Waals surface area contributed by atoms with Gasteiger partial charge < -0.3 is 0 Å². The van der Waals surface area contributed by atoms with Gasteiger partial charge in [0.15, 0.2) is 5.25 Å². The maximum absolute atomic E-state index is 11.5. The minimum atomic E-state index is -3.42. The van der Waals surface area contributed by atoms with Crippen molar-refractivity contribution < 1.29 is 8.42 Å². The molecule has 0 aromatic rings. The third kappa shape index (κ3) is 3.80. The fourth-order valence-corrected chi connectivity index (χ4v) is 2.68. The molecule has 0 aromatic heterocycles. The van der Waals surface area contributed by atoms with E-state index in [1.165, 1.54) is 26.2 Å². The van der Waals surface area contributed by atoms with Gasteiger partial charge in [0, 0.05) is 6.54 Å². The van der Waals surface area contributed by atoms with Crippen LogP contribution in [0.2, 0.25) is 0 Å². The van der Waals surface area contributed by atoms with E-state index in [0.717, 1.165) is 12.8 Å². The van der Waals surface area contributed by atoms with Crippen LogP contribution in [-0.4, -0.2) is 20.2 Å². The van der Waals surface area contributed by atoms with Gasteiger partial charge in [0.25, 0.3) is 0 Å².